The molecule has 1 N–H and O–H groups in total. The highest BCUT2D eigenvalue weighted by Crippen LogP contribution is 2.18. The summed E-state index contributed by atoms with van der Waals surface area (Å²) in [5.41, 5.74) is 0.690. The first-order valence-corrected chi connectivity index (χ1v) is 10.1. The van der Waals surface area contributed by atoms with Gasteiger partial charge in [0.05, 0.1) is 4.90 Å². The lowest BCUT2D eigenvalue weighted by Gasteiger charge is -2.21. The Morgan fingerprint density at radius 2 is 1.73 bits per heavy atom. The maximum absolute atomic E-state index is 13.2. The summed E-state index contributed by atoms with van der Waals surface area (Å²) >= 11 is 0. The maximum atomic E-state index is 13.2. The Labute approximate surface area is 152 Å². The number of benzene rings is 1. The van der Waals surface area contributed by atoms with Gasteiger partial charge in [-0.05, 0) is 42.7 Å². The third kappa shape index (κ3) is 4.56. The van der Waals surface area contributed by atoms with Crippen molar-refractivity contribution in [3.8, 4) is 0 Å². The average Bonchev–Trinajstić information content (AvgIpc) is 2.92. The van der Waals surface area contributed by atoms with Crippen LogP contribution in [0, 0.1) is 11.6 Å². The molecule has 0 radical (unpaired) electrons. The Hall–Kier alpha value is -2.06. The number of halogens is 2. The van der Waals surface area contributed by atoms with E-state index in [1.165, 1.54) is 12.8 Å². The van der Waals surface area contributed by atoms with Gasteiger partial charge in [-0.1, -0.05) is 18.9 Å². The van der Waals surface area contributed by atoms with Crippen molar-refractivity contribution < 1.29 is 17.2 Å². The number of hydrogen-bond donors (Lipinski definition) is 1. The lowest BCUT2D eigenvalue weighted by molar-refractivity contribution is 0.504. The zero-order valence-corrected chi connectivity index (χ0v) is 15.1. The Kier molecular flexibility index (Phi) is 5.83. The van der Waals surface area contributed by atoms with Crippen molar-refractivity contribution in [3.05, 3.63) is 53.7 Å². The number of aromatic nitrogens is 1. The van der Waals surface area contributed by atoms with Gasteiger partial charge in [-0.15, -0.1) is 0 Å². The minimum absolute atomic E-state index is 0.0224. The number of nitrogens with one attached hydrogen (secondary N) is 1. The Balaban J connectivity index is 1.64. The summed E-state index contributed by atoms with van der Waals surface area (Å²) in [6.07, 6.45) is 6.41. The number of nitrogens with zero attached hydrogens (tertiary/aromatic N) is 2. The SMILES string of the molecule is O=S(=O)(NCc1ccc(N2CCCCCC2)nc1)c1ccc(F)c(F)c1. The van der Waals surface area contributed by atoms with Gasteiger partial charge in [0.25, 0.3) is 0 Å². The van der Waals surface area contributed by atoms with Crippen LogP contribution in [0.3, 0.4) is 0 Å². The Bertz CT molecular complexity index is 849. The monoisotopic (exact) mass is 381 g/mol. The molecule has 0 spiro atoms. The van der Waals surface area contributed by atoms with Crippen LogP contribution in [0.5, 0.6) is 0 Å². The summed E-state index contributed by atoms with van der Waals surface area (Å²) < 4.78 is 53.0. The van der Waals surface area contributed by atoms with E-state index < -0.39 is 21.7 Å². The second-order valence-corrected chi connectivity index (χ2v) is 8.09. The fourth-order valence-electron chi connectivity index (χ4n) is 2.91. The fourth-order valence-corrected chi connectivity index (χ4v) is 3.94. The molecule has 0 amide bonds. The van der Waals surface area contributed by atoms with Crippen LogP contribution in [0.1, 0.15) is 31.2 Å². The van der Waals surface area contributed by atoms with Crippen molar-refractivity contribution in [2.24, 2.45) is 0 Å². The van der Waals surface area contributed by atoms with Crippen LogP contribution < -0.4 is 9.62 Å². The van der Waals surface area contributed by atoms with Crippen LogP contribution in [0.2, 0.25) is 0 Å². The number of hydrogen-bond acceptors (Lipinski definition) is 4. The van der Waals surface area contributed by atoms with Gasteiger partial charge in [-0.2, -0.15) is 0 Å². The smallest absolute Gasteiger partial charge is 0.240 e. The third-order valence-corrected chi connectivity index (χ3v) is 5.81. The second kappa shape index (κ2) is 8.09. The van der Waals surface area contributed by atoms with E-state index in [1.807, 2.05) is 12.1 Å². The highest BCUT2D eigenvalue weighted by molar-refractivity contribution is 7.89. The molecule has 140 valence electrons. The van der Waals surface area contributed by atoms with Gasteiger partial charge in [0.2, 0.25) is 10.0 Å². The van der Waals surface area contributed by atoms with E-state index in [2.05, 4.69) is 14.6 Å². The average molecular weight is 381 g/mol. The van der Waals surface area contributed by atoms with Crippen molar-refractivity contribution in [2.45, 2.75) is 37.1 Å². The molecule has 1 saturated heterocycles. The Morgan fingerprint density at radius 3 is 2.35 bits per heavy atom. The van der Waals surface area contributed by atoms with Gasteiger partial charge in [-0.3, -0.25) is 0 Å². The van der Waals surface area contributed by atoms with E-state index >= 15 is 0 Å². The van der Waals surface area contributed by atoms with E-state index in [0.29, 0.717) is 11.6 Å². The van der Waals surface area contributed by atoms with E-state index in [0.717, 1.165) is 43.9 Å². The summed E-state index contributed by atoms with van der Waals surface area (Å²) in [5, 5.41) is 0. The quantitative estimate of drug-likeness (QED) is 0.864. The topological polar surface area (TPSA) is 62.3 Å². The number of anilines is 1. The van der Waals surface area contributed by atoms with Crippen molar-refractivity contribution >= 4 is 15.8 Å². The number of pyridine rings is 1. The fraction of sp³-hybridized carbons (Fsp3) is 0.389. The molecule has 0 atom stereocenters. The number of rotatable bonds is 5. The van der Waals surface area contributed by atoms with Crippen molar-refractivity contribution in [3.63, 3.8) is 0 Å². The van der Waals surface area contributed by atoms with E-state index in [9.17, 15) is 17.2 Å². The summed E-state index contributed by atoms with van der Waals surface area (Å²) in [4.78, 5) is 6.35. The summed E-state index contributed by atoms with van der Waals surface area (Å²) in [6.45, 7) is 1.98. The Morgan fingerprint density at radius 1 is 1.00 bits per heavy atom. The van der Waals surface area contributed by atoms with E-state index in [4.69, 9.17) is 0 Å². The zero-order chi connectivity index (χ0) is 18.6. The molecule has 0 aliphatic carbocycles. The van der Waals surface area contributed by atoms with Gasteiger partial charge in [0.15, 0.2) is 11.6 Å². The molecule has 2 aromatic rings. The van der Waals surface area contributed by atoms with Gasteiger partial charge in [-0.25, -0.2) is 26.9 Å². The van der Waals surface area contributed by atoms with Crippen LogP contribution in [0.15, 0.2) is 41.4 Å². The predicted octanol–water partition coefficient (Wildman–Crippen LogP) is 3.22. The third-order valence-electron chi connectivity index (χ3n) is 4.41. The molecule has 3 rings (SSSR count). The highest BCUT2D eigenvalue weighted by Gasteiger charge is 2.16. The lowest BCUT2D eigenvalue weighted by atomic mass is 10.2. The largest absolute Gasteiger partial charge is 0.357 e. The van der Waals surface area contributed by atoms with Crippen LogP contribution in [0.4, 0.5) is 14.6 Å². The molecule has 1 aliphatic rings. The summed E-state index contributed by atoms with van der Waals surface area (Å²) in [7, 11) is -3.93. The molecule has 0 bridgehead atoms. The molecule has 5 nitrogen and oxygen atoms in total. The van der Waals surface area contributed by atoms with Crippen molar-refractivity contribution in [2.75, 3.05) is 18.0 Å². The number of sulfonamides is 1. The highest BCUT2D eigenvalue weighted by atomic mass is 32.2. The maximum Gasteiger partial charge on any atom is 0.240 e. The first kappa shape index (κ1) is 18.7. The molecule has 1 aromatic heterocycles. The minimum atomic E-state index is -3.93. The molecule has 0 unspecified atom stereocenters. The van der Waals surface area contributed by atoms with Crippen molar-refractivity contribution in [1.29, 1.82) is 0 Å². The molecule has 2 heterocycles. The standard InChI is InChI=1S/C18H21F2N3O2S/c19-16-7-6-15(11-17(16)20)26(24,25)22-13-14-5-8-18(21-12-14)23-9-3-1-2-4-10-23/h5-8,11-12,22H,1-4,9-10,13H2. The summed E-state index contributed by atoms with van der Waals surface area (Å²) in [6, 6.07) is 6.19. The van der Waals surface area contributed by atoms with Crippen LogP contribution in [-0.4, -0.2) is 26.5 Å². The van der Waals surface area contributed by atoms with E-state index in [-0.39, 0.29) is 11.4 Å². The minimum Gasteiger partial charge on any atom is -0.357 e. The van der Waals surface area contributed by atoms with Crippen LogP contribution in [0.25, 0.3) is 0 Å². The molecular formula is C18H21F2N3O2S. The van der Waals surface area contributed by atoms with Crippen LogP contribution in [-0.2, 0) is 16.6 Å². The zero-order valence-electron chi connectivity index (χ0n) is 14.3. The molecule has 1 fully saturated rings. The molecule has 1 aromatic carbocycles. The van der Waals surface area contributed by atoms with Gasteiger partial charge >= 0.3 is 0 Å². The predicted molar refractivity (Wildman–Crippen MR) is 95.3 cm³/mol. The summed E-state index contributed by atoms with van der Waals surface area (Å²) in [5.74, 6) is -1.40. The lowest BCUT2D eigenvalue weighted by Crippen LogP contribution is -2.25. The molecule has 8 heteroatoms. The normalized spacial score (nSPS) is 15.7. The van der Waals surface area contributed by atoms with Crippen molar-refractivity contribution in [1.82, 2.24) is 9.71 Å². The first-order chi connectivity index (χ1) is 12.5. The molecule has 26 heavy (non-hydrogen) atoms. The van der Waals surface area contributed by atoms with E-state index in [1.54, 1.807) is 6.20 Å². The van der Waals surface area contributed by atoms with Gasteiger partial charge < -0.3 is 4.90 Å². The molecule has 1 aliphatic heterocycles. The van der Waals surface area contributed by atoms with Crippen LogP contribution >= 0.6 is 0 Å². The molecule has 0 saturated carbocycles. The van der Waals surface area contributed by atoms with Gasteiger partial charge in [0.1, 0.15) is 5.82 Å². The van der Waals surface area contributed by atoms with Gasteiger partial charge in [0, 0.05) is 25.8 Å². The first-order valence-electron chi connectivity index (χ1n) is 8.60. The second-order valence-electron chi connectivity index (χ2n) is 6.33. The molecular weight excluding hydrogens is 360 g/mol.